The van der Waals surface area contributed by atoms with Crippen LogP contribution in [-0.4, -0.2) is 0 Å². The summed E-state index contributed by atoms with van der Waals surface area (Å²) in [7, 11) is 0. The highest BCUT2D eigenvalue weighted by Gasteiger charge is 1.67. The second-order valence-electron chi connectivity index (χ2n) is 1.11. The molecule has 0 bridgehead atoms. The van der Waals surface area contributed by atoms with Gasteiger partial charge in [-0.15, -0.1) is 0 Å². The molecule has 0 radical (unpaired) electrons. The van der Waals surface area contributed by atoms with Gasteiger partial charge in [0.15, 0.2) is 0 Å². The van der Waals surface area contributed by atoms with Gasteiger partial charge in [0, 0.05) is 0 Å². The zero-order valence-electron chi connectivity index (χ0n) is 9.94. The molecule has 0 rings (SSSR count). The minimum absolute atomic E-state index is 1.01. The van der Waals surface area contributed by atoms with E-state index < -0.39 is 0 Å². The molecule has 0 saturated carbocycles. The van der Waals surface area contributed by atoms with Crippen LogP contribution in [0.1, 0.15) is 48.5 Å². The molecule has 76 valence electrons. The maximum atomic E-state index is 5.05. The highest BCUT2D eigenvalue weighted by molar-refractivity contribution is 5.10. The van der Waals surface area contributed by atoms with Crippen molar-refractivity contribution in [1.82, 2.24) is 0 Å². The van der Waals surface area contributed by atoms with Gasteiger partial charge in [0.25, 0.3) is 0 Å². The Labute approximate surface area is 79.4 Å². The average molecular weight is 173 g/mol. The van der Waals surface area contributed by atoms with E-state index in [-0.39, 0.29) is 0 Å². The van der Waals surface area contributed by atoms with Crippen LogP contribution in [0.25, 0.3) is 0 Å². The van der Waals surface area contributed by atoms with Gasteiger partial charge >= 0.3 is 0 Å². The molecule has 0 aliphatic rings. The van der Waals surface area contributed by atoms with Gasteiger partial charge in [-0.05, 0) is 18.7 Å². The predicted molar refractivity (Wildman–Crippen MR) is 62.2 cm³/mol. The molecule has 0 aromatic carbocycles. The molecule has 0 aliphatic heterocycles. The van der Waals surface area contributed by atoms with Gasteiger partial charge in [-0.1, -0.05) is 54.2 Å². The molecule has 0 saturated heterocycles. The van der Waals surface area contributed by atoms with Crippen LogP contribution in [0, 0.1) is 0 Å². The summed E-state index contributed by atoms with van der Waals surface area (Å²) in [6, 6.07) is 0. The summed E-state index contributed by atoms with van der Waals surface area (Å²) in [4.78, 5) is 0. The monoisotopic (exact) mass is 173 g/mol. The molecule has 0 fully saturated rings. The van der Waals surface area contributed by atoms with Crippen molar-refractivity contribution in [2.45, 2.75) is 48.5 Å². The fourth-order valence-corrected chi connectivity index (χ4v) is 0.0680. The largest absolute Gasteiger partial charge is 0.404 e. The Bertz CT molecular complexity index is 73.1. The van der Waals surface area contributed by atoms with E-state index in [0.717, 1.165) is 5.57 Å². The van der Waals surface area contributed by atoms with E-state index in [9.17, 15) is 0 Å². The van der Waals surface area contributed by atoms with Crippen LogP contribution in [0.5, 0.6) is 0 Å². The van der Waals surface area contributed by atoms with Crippen molar-refractivity contribution in [2.24, 2.45) is 5.73 Å². The summed E-state index contributed by atoms with van der Waals surface area (Å²) in [6.45, 7) is 17.4. The summed E-state index contributed by atoms with van der Waals surface area (Å²) in [5.74, 6) is 0. The lowest BCUT2D eigenvalue weighted by Gasteiger charge is -1.78. The van der Waals surface area contributed by atoms with Crippen molar-refractivity contribution >= 4 is 0 Å². The van der Waals surface area contributed by atoms with Crippen molar-refractivity contribution in [3.63, 3.8) is 0 Å². The molecule has 0 unspecified atom stereocenters. The maximum absolute atomic E-state index is 5.05. The van der Waals surface area contributed by atoms with E-state index in [4.69, 9.17) is 5.73 Å². The molecule has 0 atom stereocenters. The Morgan fingerprint density at radius 2 is 1.25 bits per heavy atom. The van der Waals surface area contributed by atoms with Crippen LogP contribution in [0.2, 0.25) is 0 Å². The van der Waals surface area contributed by atoms with Crippen molar-refractivity contribution < 1.29 is 0 Å². The third kappa shape index (κ3) is 59.1. The van der Waals surface area contributed by atoms with Gasteiger partial charge < -0.3 is 5.73 Å². The first-order valence-electron chi connectivity index (χ1n) is 4.82. The molecule has 0 spiro atoms. The molecule has 1 heteroatoms. The van der Waals surface area contributed by atoms with Crippen molar-refractivity contribution in [2.75, 3.05) is 0 Å². The summed E-state index contributed by atoms with van der Waals surface area (Å²) in [6.07, 6.45) is 3.23. The molecule has 2 N–H and O–H groups in total. The summed E-state index contributed by atoms with van der Waals surface area (Å²) >= 11 is 0. The lowest BCUT2D eigenvalue weighted by Crippen LogP contribution is -1.78. The molecular formula is C11H27N. The van der Waals surface area contributed by atoms with E-state index in [1.54, 1.807) is 6.08 Å². The smallest absolute Gasteiger partial charge is 0.00328 e. The number of hydrogen-bond acceptors (Lipinski definition) is 1. The first-order valence-corrected chi connectivity index (χ1v) is 4.82. The fourth-order valence-electron chi connectivity index (χ4n) is 0.0680. The number of nitrogens with two attached hydrogens (primary N) is 1. The maximum Gasteiger partial charge on any atom is -0.00328 e. The standard InChI is InChI=1S/C5H9N.3C2H6/c1-3-5(2)4-6;3*1-2/h3-4H,1,6H2,2H3;3*1-2H3/b5-4-;;;. The van der Waals surface area contributed by atoms with Gasteiger partial charge in [-0.25, -0.2) is 0 Å². The fraction of sp³-hybridized carbons (Fsp3) is 0.636. The third-order valence-corrected chi connectivity index (χ3v) is 0.585. The van der Waals surface area contributed by atoms with E-state index in [1.807, 2.05) is 48.5 Å². The van der Waals surface area contributed by atoms with Crippen molar-refractivity contribution in [3.05, 3.63) is 24.4 Å². The zero-order chi connectivity index (χ0) is 11.0. The molecule has 12 heavy (non-hydrogen) atoms. The third-order valence-electron chi connectivity index (χ3n) is 0.585. The molecule has 0 aromatic heterocycles. The predicted octanol–water partition coefficient (Wildman–Crippen LogP) is 4.11. The van der Waals surface area contributed by atoms with Gasteiger partial charge in [0.05, 0.1) is 0 Å². The van der Waals surface area contributed by atoms with Gasteiger partial charge in [0.1, 0.15) is 0 Å². The van der Waals surface area contributed by atoms with Crippen LogP contribution in [0.4, 0.5) is 0 Å². The minimum Gasteiger partial charge on any atom is -0.404 e. The molecular weight excluding hydrogens is 146 g/mol. The molecule has 0 aliphatic carbocycles. The highest BCUT2D eigenvalue weighted by Crippen LogP contribution is 1.84. The second-order valence-corrected chi connectivity index (χ2v) is 1.11. The SMILES string of the molecule is C=C/C(C)=C\N.CC.CC.CC. The number of hydrogen-bond donors (Lipinski definition) is 1. The first kappa shape index (κ1) is 22.5. The van der Waals surface area contributed by atoms with E-state index in [0.29, 0.717) is 0 Å². The highest BCUT2D eigenvalue weighted by atomic mass is 14.5. The summed E-state index contributed by atoms with van der Waals surface area (Å²) in [5.41, 5.74) is 6.06. The topological polar surface area (TPSA) is 26.0 Å². The van der Waals surface area contributed by atoms with Gasteiger partial charge in [-0.2, -0.15) is 0 Å². The lowest BCUT2D eigenvalue weighted by atomic mass is 10.3. The Balaban J connectivity index is -0.0000000453. The van der Waals surface area contributed by atoms with Crippen molar-refractivity contribution in [1.29, 1.82) is 0 Å². The molecule has 0 amide bonds. The zero-order valence-corrected chi connectivity index (χ0v) is 9.94. The Morgan fingerprint density at radius 1 is 1.00 bits per heavy atom. The van der Waals surface area contributed by atoms with E-state index in [1.165, 1.54) is 6.20 Å². The molecule has 1 nitrogen and oxygen atoms in total. The molecule has 0 aromatic rings. The number of rotatable bonds is 1. The number of allylic oxidation sites excluding steroid dienone is 2. The molecule has 0 heterocycles. The minimum atomic E-state index is 1.01. The quantitative estimate of drug-likeness (QED) is 0.593. The lowest BCUT2D eigenvalue weighted by molar-refractivity contribution is 1.44. The average Bonchev–Trinajstić information content (AvgIpc) is 2.25. The first-order chi connectivity index (χ1) is 5.81. The van der Waals surface area contributed by atoms with Crippen LogP contribution in [0.15, 0.2) is 24.4 Å². The van der Waals surface area contributed by atoms with Gasteiger partial charge in [0.2, 0.25) is 0 Å². The van der Waals surface area contributed by atoms with Crippen molar-refractivity contribution in [3.8, 4) is 0 Å². The van der Waals surface area contributed by atoms with Crippen LogP contribution >= 0.6 is 0 Å². The summed E-state index contributed by atoms with van der Waals surface area (Å²) < 4.78 is 0. The van der Waals surface area contributed by atoms with Crippen LogP contribution in [-0.2, 0) is 0 Å². The van der Waals surface area contributed by atoms with Gasteiger partial charge in [-0.3, -0.25) is 0 Å². The Hall–Kier alpha value is -0.720. The van der Waals surface area contributed by atoms with E-state index in [2.05, 4.69) is 6.58 Å². The van der Waals surface area contributed by atoms with Crippen LogP contribution < -0.4 is 5.73 Å². The van der Waals surface area contributed by atoms with Crippen LogP contribution in [0.3, 0.4) is 0 Å². The normalized spacial score (nSPS) is 7.08. The summed E-state index contributed by atoms with van der Waals surface area (Å²) in [5, 5.41) is 0. The van der Waals surface area contributed by atoms with E-state index >= 15 is 0 Å². The Morgan fingerprint density at radius 3 is 1.25 bits per heavy atom. The second kappa shape index (κ2) is 48.3. The Kier molecular flexibility index (Phi) is 90.6.